The Balaban J connectivity index is 2.27. The summed E-state index contributed by atoms with van der Waals surface area (Å²) in [5, 5.41) is 10.3. The average molecular weight is 235 g/mol. The molecular weight excluding hydrogens is 220 g/mol. The van der Waals surface area contributed by atoms with Gasteiger partial charge in [-0.05, 0) is 13.3 Å². The van der Waals surface area contributed by atoms with Crippen LogP contribution >= 0.6 is 22.9 Å². The van der Waals surface area contributed by atoms with Crippen LogP contribution in [-0.4, -0.2) is 29.3 Å². The molecule has 0 unspecified atom stereocenters. The Morgan fingerprint density at radius 1 is 1.29 bits per heavy atom. The van der Waals surface area contributed by atoms with E-state index in [0.717, 1.165) is 42.5 Å². The normalized spacial score (nSPS) is 10.7. The number of halogens is 1. The largest absolute Gasteiger partial charge is 0.381 e. The second kappa shape index (κ2) is 7.15. The molecular formula is C9H15ClN2OS. The molecule has 0 spiro atoms. The molecule has 80 valence electrons. The van der Waals surface area contributed by atoms with Gasteiger partial charge in [0.05, 0.1) is 6.61 Å². The molecule has 5 heteroatoms. The molecule has 1 aromatic rings. The van der Waals surface area contributed by atoms with Crippen molar-refractivity contribution in [3.8, 4) is 0 Å². The zero-order chi connectivity index (χ0) is 10.2. The average Bonchev–Trinajstić information content (AvgIpc) is 2.63. The van der Waals surface area contributed by atoms with Crippen LogP contribution in [0.1, 0.15) is 23.4 Å². The summed E-state index contributed by atoms with van der Waals surface area (Å²) in [7, 11) is 0. The highest BCUT2D eigenvalue weighted by molar-refractivity contribution is 7.11. The summed E-state index contributed by atoms with van der Waals surface area (Å²) >= 11 is 7.26. The number of aryl methyl sites for hydroxylation is 1. The van der Waals surface area contributed by atoms with Crippen molar-refractivity contribution >= 4 is 22.9 Å². The van der Waals surface area contributed by atoms with Gasteiger partial charge in [0, 0.05) is 25.3 Å². The van der Waals surface area contributed by atoms with Crippen LogP contribution in [-0.2, 0) is 17.6 Å². The molecule has 0 saturated carbocycles. The molecule has 1 aromatic heterocycles. The highest BCUT2D eigenvalue weighted by Gasteiger charge is 2.03. The minimum absolute atomic E-state index is 0.688. The van der Waals surface area contributed by atoms with Crippen molar-refractivity contribution in [3.05, 3.63) is 10.0 Å². The standard InChI is InChI=1S/C9H15ClN2OS/c1-2-13-7-5-9-12-11-8(14-9)4-3-6-10/h2-7H2,1H3. The van der Waals surface area contributed by atoms with Crippen LogP contribution in [0.2, 0.25) is 0 Å². The summed E-state index contributed by atoms with van der Waals surface area (Å²) in [4.78, 5) is 0. The van der Waals surface area contributed by atoms with Gasteiger partial charge in [-0.25, -0.2) is 0 Å². The molecule has 1 heterocycles. The Morgan fingerprint density at radius 3 is 2.64 bits per heavy atom. The number of ether oxygens (including phenoxy) is 1. The van der Waals surface area contributed by atoms with Gasteiger partial charge in [0.15, 0.2) is 0 Å². The maximum absolute atomic E-state index is 5.60. The molecule has 0 bridgehead atoms. The second-order valence-corrected chi connectivity index (χ2v) is 4.35. The first-order chi connectivity index (χ1) is 6.86. The molecule has 0 atom stereocenters. The fraction of sp³-hybridized carbons (Fsp3) is 0.778. The summed E-state index contributed by atoms with van der Waals surface area (Å²) in [6, 6.07) is 0. The van der Waals surface area contributed by atoms with E-state index < -0.39 is 0 Å². The molecule has 0 aromatic carbocycles. The predicted octanol–water partition coefficient (Wildman–Crippen LogP) is 2.29. The van der Waals surface area contributed by atoms with Gasteiger partial charge in [-0.3, -0.25) is 0 Å². The first kappa shape index (κ1) is 11.9. The summed E-state index contributed by atoms with van der Waals surface area (Å²) in [6.07, 6.45) is 2.78. The Morgan fingerprint density at radius 2 is 2.00 bits per heavy atom. The van der Waals surface area contributed by atoms with Gasteiger partial charge in [-0.15, -0.1) is 33.1 Å². The molecule has 0 saturated heterocycles. The SMILES string of the molecule is CCOCCc1nnc(CCCCl)s1. The van der Waals surface area contributed by atoms with Crippen molar-refractivity contribution in [1.82, 2.24) is 10.2 Å². The van der Waals surface area contributed by atoms with E-state index in [4.69, 9.17) is 16.3 Å². The van der Waals surface area contributed by atoms with Crippen LogP contribution < -0.4 is 0 Å². The van der Waals surface area contributed by atoms with E-state index in [9.17, 15) is 0 Å². The van der Waals surface area contributed by atoms with Gasteiger partial charge >= 0.3 is 0 Å². The second-order valence-electron chi connectivity index (χ2n) is 2.83. The number of aromatic nitrogens is 2. The number of alkyl halides is 1. The molecule has 3 nitrogen and oxygen atoms in total. The summed E-state index contributed by atoms with van der Waals surface area (Å²) < 4.78 is 5.25. The van der Waals surface area contributed by atoms with Gasteiger partial charge in [-0.1, -0.05) is 0 Å². The number of hydrogen-bond donors (Lipinski definition) is 0. The van der Waals surface area contributed by atoms with Gasteiger partial charge in [0.25, 0.3) is 0 Å². The molecule has 14 heavy (non-hydrogen) atoms. The van der Waals surface area contributed by atoms with E-state index in [1.807, 2.05) is 6.92 Å². The van der Waals surface area contributed by atoms with Crippen LogP contribution in [0, 0.1) is 0 Å². The maximum Gasteiger partial charge on any atom is 0.119 e. The van der Waals surface area contributed by atoms with Crippen LogP contribution in [0.5, 0.6) is 0 Å². The van der Waals surface area contributed by atoms with Crippen LogP contribution in [0.3, 0.4) is 0 Å². The highest BCUT2D eigenvalue weighted by atomic mass is 35.5. The van der Waals surface area contributed by atoms with E-state index in [0.29, 0.717) is 5.88 Å². The molecule has 0 aliphatic heterocycles. The summed E-state index contributed by atoms with van der Waals surface area (Å²) in [5.41, 5.74) is 0. The van der Waals surface area contributed by atoms with Crippen molar-refractivity contribution in [1.29, 1.82) is 0 Å². The van der Waals surface area contributed by atoms with Crippen molar-refractivity contribution in [3.63, 3.8) is 0 Å². The van der Waals surface area contributed by atoms with Crippen LogP contribution in [0.25, 0.3) is 0 Å². The number of hydrogen-bond acceptors (Lipinski definition) is 4. The molecule has 0 N–H and O–H groups in total. The fourth-order valence-corrected chi connectivity index (χ4v) is 2.01. The minimum Gasteiger partial charge on any atom is -0.381 e. The Hall–Kier alpha value is -0.190. The predicted molar refractivity (Wildman–Crippen MR) is 59.1 cm³/mol. The molecule has 0 radical (unpaired) electrons. The van der Waals surface area contributed by atoms with Gasteiger partial charge in [0.1, 0.15) is 10.0 Å². The van der Waals surface area contributed by atoms with E-state index in [1.165, 1.54) is 0 Å². The lowest BCUT2D eigenvalue weighted by atomic mass is 10.4. The Kier molecular flexibility index (Phi) is 6.07. The lowest BCUT2D eigenvalue weighted by Gasteiger charge is -1.95. The molecule has 0 aliphatic carbocycles. The van der Waals surface area contributed by atoms with E-state index >= 15 is 0 Å². The lowest BCUT2D eigenvalue weighted by Crippen LogP contribution is -1.97. The zero-order valence-corrected chi connectivity index (χ0v) is 9.90. The highest BCUT2D eigenvalue weighted by Crippen LogP contribution is 2.12. The third kappa shape index (κ3) is 4.35. The van der Waals surface area contributed by atoms with Crippen molar-refractivity contribution in [2.75, 3.05) is 19.1 Å². The molecule has 0 fully saturated rings. The first-order valence-electron chi connectivity index (χ1n) is 4.81. The maximum atomic E-state index is 5.60. The number of nitrogens with zero attached hydrogens (tertiary/aromatic N) is 2. The monoisotopic (exact) mass is 234 g/mol. The lowest BCUT2D eigenvalue weighted by molar-refractivity contribution is 0.150. The quantitative estimate of drug-likeness (QED) is 0.536. The van der Waals surface area contributed by atoms with Gasteiger partial charge in [-0.2, -0.15) is 0 Å². The van der Waals surface area contributed by atoms with Crippen LogP contribution in [0.4, 0.5) is 0 Å². The van der Waals surface area contributed by atoms with E-state index in [-0.39, 0.29) is 0 Å². The third-order valence-electron chi connectivity index (χ3n) is 1.70. The topological polar surface area (TPSA) is 35.0 Å². The molecule has 0 amide bonds. The third-order valence-corrected chi connectivity index (χ3v) is 3.01. The zero-order valence-electron chi connectivity index (χ0n) is 8.33. The Labute approximate surface area is 93.5 Å². The Bertz CT molecular complexity index is 255. The summed E-state index contributed by atoms with van der Waals surface area (Å²) in [5.74, 6) is 0.688. The first-order valence-corrected chi connectivity index (χ1v) is 6.17. The molecule has 1 rings (SSSR count). The molecule has 0 aliphatic rings. The van der Waals surface area contributed by atoms with Gasteiger partial charge in [0.2, 0.25) is 0 Å². The van der Waals surface area contributed by atoms with E-state index in [2.05, 4.69) is 10.2 Å². The van der Waals surface area contributed by atoms with E-state index in [1.54, 1.807) is 11.3 Å². The van der Waals surface area contributed by atoms with Gasteiger partial charge < -0.3 is 4.74 Å². The fourth-order valence-electron chi connectivity index (χ4n) is 1.01. The van der Waals surface area contributed by atoms with Crippen molar-refractivity contribution in [2.45, 2.75) is 26.2 Å². The number of rotatable bonds is 7. The van der Waals surface area contributed by atoms with Crippen molar-refractivity contribution < 1.29 is 4.74 Å². The smallest absolute Gasteiger partial charge is 0.119 e. The summed E-state index contributed by atoms with van der Waals surface area (Å²) in [6.45, 7) is 3.49. The minimum atomic E-state index is 0.688. The van der Waals surface area contributed by atoms with Crippen LogP contribution in [0.15, 0.2) is 0 Å². The van der Waals surface area contributed by atoms with Crippen molar-refractivity contribution in [2.24, 2.45) is 0 Å².